The molecule has 0 aliphatic carbocycles. The molecule has 0 aromatic carbocycles. The predicted molar refractivity (Wildman–Crippen MR) is 119 cm³/mol. The van der Waals surface area contributed by atoms with Crippen molar-refractivity contribution in [1.29, 1.82) is 0 Å². The monoisotopic (exact) mass is 441 g/mol. The first-order valence-electron chi connectivity index (χ1n) is 11.9. The van der Waals surface area contributed by atoms with E-state index in [1.165, 1.54) is 38.5 Å². The van der Waals surface area contributed by atoms with Crippen LogP contribution in [-0.2, 0) is 14.4 Å². The van der Waals surface area contributed by atoms with Crippen molar-refractivity contribution in [1.82, 2.24) is 0 Å². The summed E-state index contributed by atoms with van der Waals surface area (Å²) in [4.78, 5) is 32.7. The second-order valence-electron chi connectivity index (χ2n) is 8.55. The van der Waals surface area contributed by atoms with Crippen LogP contribution in [0.2, 0.25) is 0 Å². The molecule has 0 rings (SSSR count). The van der Waals surface area contributed by atoms with Crippen LogP contribution < -0.4 is 5.11 Å². The highest BCUT2D eigenvalue weighted by Gasteiger charge is 2.26. The Morgan fingerprint density at radius 1 is 0.710 bits per heavy atom. The molecular weight excluding hydrogens is 398 g/mol. The molecule has 0 aromatic rings. The Bertz CT molecular complexity index is 482. The smallest absolute Gasteiger partial charge is 0.303 e. The Labute approximate surface area is 187 Å². The average molecular weight is 442 g/mol. The fourth-order valence-electron chi connectivity index (χ4n) is 3.93. The Hall–Kier alpha value is -1.89. The standard InChI is InChI=1S/C24H43NO6/c1-2-3-4-5-6-7-8-9-10-11-18-25(19-12-15-22(26)27,20-13-16-23(28)29)21-14-17-24(30)31/h10-11H,2-9,12-21H2,1H3,(H2-,26,27,28,29,30,31)/b11-10+. The van der Waals surface area contributed by atoms with Gasteiger partial charge in [-0.25, -0.2) is 0 Å². The summed E-state index contributed by atoms with van der Waals surface area (Å²) in [5.74, 6) is -2.80. The molecule has 7 heteroatoms. The number of carbonyl (C=O) groups excluding carboxylic acids is 1. The molecule has 2 N–H and O–H groups in total. The third-order valence-corrected chi connectivity index (χ3v) is 5.69. The molecule has 0 amide bonds. The molecule has 31 heavy (non-hydrogen) atoms. The van der Waals surface area contributed by atoms with Crippen LogP contribution in [0.15, 0.2) is 12.2 Å². The van der Waals surface area contributed by atoms with E-state index >= 15 is 0 Å². The van der Waals surface area contributed by atoms with E-state index in [0.717, 1.165) is 12.8 Å². The second kappa shape index (κ2) is 18.8. The molecule has 0 aliphatic heterocycles. The van der Waals surface area contributed by atoms with Gasteiger partial charge in [0.05, 0.1) is 39.0 Å². The molecule has 0 fully saturated rings. The topological polar surface area (TPSA) is 115 Å². The van der Waals surface area contributed by atoms with Gasteiger partial charge in [0.2, 0.25) is 0 Å². The van der Waals surface area contributed by atoms with Gasteiger partial charge in [0.25, 0.3) is 0 Å². The lowest BCUT2D eigenvalue weighted by molar-refractivity contribution is -0.923. The average Bonchev–Trinajstić information content (AvgIpc) is 2.68. The predicted octanol–water partition coefficient (Wildman–Crippen LogP) is 3.76. The fourth-order valence-corrected chi connectivity index (χ4v) is 3.93. The highest BCUT2D eigenvalue weighted by molar-refractivity contribution is 5.66. The largest absolute Gasteiger partial charge is 0.550 e. The fraction of sp³-hybridized carbons (Fsp3) is 0.792. The zero-order valence-electron chi connectivity index (χ0n) is 19.4. The van der Waals surface area contributed by atoms with Crippen molar-refractivity contribution < 1.29 is 34.2 Å². The molecule has 0 aromatic heterocycles. The van der Waals surface area contributed by atoms with Crippen molar-refractivity contribution in [3.63, 3.8) is 0 Å². The number of carboxylic acids is 3. The first-order chi connectivity index (χ1) is 14.8. The Morgan fingerprint density at radius 2 is 1.19 bits per heavy atom. The van der Waals surface area contributed by atoms with Gasteiger partial charge < -0.3 is 24.6 Å². The molecule has 0 heterocycles. The van der Waals surface area contributed by atoms with E-state index in [4.69, 9.17) is 10.2 Å². The molecule has 0 saturated carbocycles. The lowest BCUT2D eigenvalue weighted by Gasteiger charge is -2.38. The number of allylic oxidation sites excluding steroid dienone is 1. The van der Waals surface area contributed by atoms with Gasteiger partial charge in [0, 0.05) is 25.2 Å². The van der Waals surface area contributed by atoms with E-state index in [0.29, 0.717) is 49.9 Å². The number of hydrogen-bond donors (Lipinski definition) is 2. The van der Waals surface area contributed by atoms with Gasteiger partial charge in [-0.1, -0.05) is 51.5 Å². The summed E-state index contributed by atoms with van der Waals surface area (Å²) in [7, 11) is 0. The zero-order chi connectivity index (χ0) is 23.4. The number of nitrogens with zero attached hydrogens (tertiary/aromatic N) is 1. The second-order valence-corrected chi connectivity index (χ2v) is 8.55. The molecule has 0 aliphatic rings. The van der Waals surface area contributed by atoms with Crippen molar-refractivity contribution in [2.24, 2.45) is 0 Å². The van der Waals surface area contributed by atoms with E-state index in [2.05, 4.69) is 19.1 Å². The quantitative estimate of drug-likeness (QED) is 0.150. The number of carboxylic acid groups (broad SMARTS) is 3. The maximum Gasteiger partial charge on any atom is 0.303 e. The maximum atomic E-state index is 11.0. The first kappa shape index (κ1) is 29.1. The molecule has 0 radical (unpaired) electrons. The van der Waals surface area contributed by atoms with Crippen LogP contribution >= 0.6 is 0 Å². The van der Waals surface area contributed by atoms with Crippen molar-refractivity contribution in [3.05, 3.63) is 12.2 Å². The highest BCUT2D eigenvalue weighted by Crippen LogP contribution is 2.16. The summed E-state index contributed by atoms with van der Waals surface area (Å²) in [6, 6.07) is 0. The van der Waals surface area contributed by atoms with E-state index in [1.807, 2.05) is 0 Å². The molecule has 180 valence electrons. The SMILES string of the molecule is CCCCCCCCC/C=C/C[N+](CCCC(=O)[O-])(CCCC(=O)O)CCCC(=O)O. The van der Waals surface area contributed by atoms with Crippen LogP contribution in [0, 0.1) is 0 Å². The zero-order valence-corrected chi connectivity index (χ0v) is 19.4. The number of hydrogen-bond acceptors (Lipinski definition) is 4. The van der Waals surface area contributed by atoms with Crippen LogP contribution in [0.25, 0.3) is 0 Å². The van der Waals surface area contributed by atoms with E-state index < -0.39 is 17.9 Å². The molecule has 0 unspecified atom stereocenters. The molecule has 0 atom stereocenters. The Balaban J connectivity index is 4.76. The number of aliphatic carboxylic acids is 3. The summed E-state index contributed by atoms with van der Waals surface area (Å²) >= 11 is 0. The van der Waals surface area contributed by atoms with Crippen LogP contribution in [0.1, 0.15) is 96.8 Å². The summed E-state index contributed by atoms with van der Waals surface area (Å²) in [5, 5.41) is 28.8. The maximum absolute atomic E-state index is 11.0. The third-order valence-electron chi connectivity index (χ3n) is 5.69. The minimum absolute atomic E-state index is 0.0421. The van der Waals surface area contributed by atoms with E-state index in [-0.39, 0.29) is 19.3 Å². The lowest BCUT2D eigenvalue weighted by Crippen LogP contribution is -2.50. The minimum atomic E-state index is -1.09. The molecular formula is C24H43NO6. The molecule has 0 spiro atoms. The molecule has 7 nitrogen and oxygen atoms in total. The summed E-state index contributed by atoms with van der Waals surface area (Å²) in [5.41, 5.74) is 0. The number of carbonyl (C=O) groups is 3. The van der Waals surface area contributed by atoms with Gasteiger partial charge in [-0.3, -0.25) is 9.59 Å². The van der Waals surface area contributed by atoms with E-state index in [1.54, 1.807) is 0 Å². The first-order valence-corrected chi connectivity index (χ1v) is 11.9. The summed E-state index contributed by atoms with van der Waals surface area (Å²) < 4.78 is 0.529. The van der Waals surface area contributed by atoms with Crippen LogP contribution in [0.4, 0.5) is 0 Å². The van der Waals surface area contributed by atoms with Gasteiger partial charge in [-0.15, -0.1) is 0 Å². The Kier molecular flexibility index (Phi) is 17.7. The molecule has 0 bridgehead atoms. The normalized spacial score (nSPS) is 11.8. The summed E-state index contributed by atoms with van der Waals surface area (Å²) in [6.45, 7) is 4.66. The number of rotatable bonds is 22. The number of unbranched alkanes of at least 4 members (excludes halogenated alkanes) is 7. The summed E-state index contributed by atoms with van der Waals surface area (Å²) in [6.07, 6.45) is 15.5. The lowest BCUT2D eigenvalue weighted by atomic mass is 10.1. The van der Waals surface area contributed by atoms with Gasteiger partial charge in [-0.2, -0.15) is 0 Å². The van der Waals surface area contributed by atoms with Gasteiger partial charge in [0.15, 0.2) is 0 Å². The van der Waals surface area contributed by atoms with Crippen molar-refractivity contribution in [3.8, 4) is 0 Å². The highest BCUT2D eigenvalue weighted by atomic mass is 16.4. The third kappa shape index (κ3) is 18.6. The van der Waals surface area contributed by atoms with Gasteiger partial charge in [0.1, 0.15) is 0 Å². The minimum Gasteiger partial charge on any atom is -0.550 e. The molecule has 0 saturated heterocycles. The Morgan fingerprint density at radius 3 is 1.68 bits per heavy atom. The van der Waals surface area contributed by atoms with Crippen LogP contribution in [0.5, 0.6) is 0 Å². The number of quaternary nitrogens is 1. The van der Waals surface area contributed by atoms with Crippen molar-refractivity contribution in [2.45, 2.75) is 96.8 Å². The van der Waals surface area contributed by atoms with Crippen LogP contribution in [-0.4, -0.2) is 58.8 Å². The van der Waals surface area contributed by atoms with Crippen molar-refractivity contribution >= 4 is 17.9 Å². The van der Waals surface area contributed by atoms with E-state index in [9.17, 15) is 19.5 Å². The van der Waals surface area contributed by atoms with Gasteiger partial charge in [-0.05, 0) is 25.3 Å². The van der Waals surface area contributed by atoms with Crippen molar-refractivity contribution in [2.75, 3.05) is 26.2 Å². The van der Waals surface area contributed by atoms with Crippen LogP contribution in [0.3, 0.4) is 0 Å². The van der Waals surface area contributed by atoms with Gasteiger partial charge >= 0.3 is 11.9 Å².